The summed E-state index contributed by atoms with van der Waals surface area (Å²) < 4.78 is 5.19. The molecular formula is C24H26N3O4+. The van der Waals surface area contributed by atoms with Crippen molar-refractivity contribution in [3.05, 3.63) is 59.7 Å². The number of anilines is 1. The second kappa shape index (κ2) is 6.92. The molecule has 2 aromatic rings. The maximum atomic E-state index is 13.7. The minimum Gasteiger partial charge on any atom is -0.497 e. The van der Waals surface area contributed by atoms with Crippen molar-refractivity contribution in [1.29, 1.82) is 0 Å². The van der Waals surface area contributed by atoms with Gasteiger partial charge in [-0.3, -0.25) is 19.3 Å². The number of imide groups is 1. The summed E-state index contributed by atoms with van der Waals surface area (Å²) in [6.07, 6.45) is 0. The van der Waals surface area contributed by atoms with Crippen LogP contribution in [0.25, 0.3) is 0 Å². The minimum absolute atomic E-state index is 0.130. The molecule has 0 bridgehead atoms. The summed E-state index contributed by atoms with van der Waals surface area (Å²) in [6, 6.07) is 14.7. The number of ether oxygens (including phenoxy) is 1. The second-order valence-electron chi connectivity index (χ2n) is 8.97. The average Bonchev–Trinajstić information content (AvgIpc) is 3.35. The van der Waals surface area contributed by atoms with E-state index in [9.17, 15) is 14.4 Å². The quantitative estimate of drug-likeness (QED) is 0.728. The van der Waals surface area contributed by atoms with Crippen molar-refractivity contribution in [2.24, 2.45) is 17.8 Å². The molecule has 3 aliphatic rings. The van der Waals surface area contributed by atoms with Crippen LogP contribution in [0.2, 0.25) is 0 Å². The van der Waals surface area contributed by atoms with Gasteiger partial charge in [0.25, 0.3) is 5.91 Å². The van der Waals surface area contributed by atoms with E-state index in [0.717, 1.165) is 16.8 Å². The number of hydrogen-bond acceptors (Lipinski definition) is 4. The van der Waals surface area contributed by atoms with Crippen LogP contribution in [-0.4, -0.2) is 35.8 Å². The third kappa shape index (κ3) is 2.66. The number of hydrogen-bond donors (Lipinski definition) is 2. The zero-order valence-corrected chi connectivity index (χ0v) is 17.8. The van der Waals surface area contributed by atoms with Gasteiger partial charge in [0.1, 0.15) is 23.6 Å². The van der Waals surface area contributed by atoms with Crippen molar-refractivity contribution in [3.63, 3.8) is 0 Å². The molecule has 4 atom stereocenters. The molecule has 3 aliphatic heterocycles. The number of rotatable bonds is 4. The molecule has 2 fully saturated rings. The molecule has 5 rings (SSSR count). The van der Waals surface area contributed by atoms with Gasteiger partial charge in [0, 0.05) is 11.5 Å². The molecule has 0 saturated carbocycles. The summed E-state index contributed by atoms with van der Waals surface area (Å²) >= 11 is 0. The van der Waals surface area contributed by atoms with Crippen molar-refractivity contribution in [3.8, 4) is 5.75 Å². The van der Waals surface area contributed by atoms with Crippen LogP contribution in [-0.2, 0) is 26.5 Å². The molecule has 7 heteroatoms. The number of quaternary nitrogens is 1. The first-order valence-corrected chi connectivity index (χ1v) is 10.6. The van der Waals surface area contributed by atoms with E-state index in [1.54, 1.807) is 7.11 Å². The first-order valence-electron chi connectivity index (χ1n) is 10.6. The fourth-order valence-electron chi connectivity index (χ4n) is 5.58. The molecule has 0 aliphatic carbocycles. The number of nitrogens with two attached hydrogens (primary N) is 1. The van der Waals surface area contributed by atoms with Crippen LogP contribution in [0, 0.1) is 17.8 Å². The molecule has 0 aromatic heterocycles. The Balaban J connectivity index is 1.56. The van der Waals surface area contributed by atoms with Gasteiger partial charge in [-0.05, 0) is 23.8 Å². The Labute approximate surface area is 180 Å². The van der Waals surface area contributed by atoms with Crippen LogP contribution in [0.15, 0.2) is 48.5 Å². The number of para-hydroxylation sites is 1. The molecule has 3 heterocycles. The van der Waals surface area contributed by atoms with E-state index >= 15 is 0 Å². The molecule has 2 saturated heterocycles. The Morgan fingerprint density at radius 1 is 1.06 bits per heavy atom. The van der Waals surface area contributed by atoms with Crippen LogP contribution >= 0.6 is 0 Å². The lowest BCUT2D eigenvalue weighted by Crippen LogP contribution is -2.99. The van der Waals surface area contributed by atoms with E-state index < -0.39 is 17.4 Å². The third-order valence-electron chi connectivity index (χ3n) is 7.07. The van der Waals surface area contributed by atoms with Crippen LogP contribution in [0.1, 0.15) is 25.0 Å². The van der Waals surface area contributed by atoms with Crippen molar-refractivity contribution in [2.45, 2.75) is 32.0 Å². The molecule has 3 amide bonds. The Hall–Kier alpha value is -3.19. The molecule has 31 heavy (non-hydrogen) atoms. The molecule has 2 aromatic carbocycles. The normalized spacial score (nSPS) is 29.0. The van der Waals surface area contributed by atoms with E-state index in [1.165, 1.54) is 4.90 Å². The molecule has 0 unspecified atom stereocenters. The monoisotopic (exact) mass is 420 g/mol. The highest BCUT2D eigenvalue weighted by molar-refractivity contribution is 6.13. The first-order chi connectivity index (χ1) is 14.9. The van der Waals surface area contributed by atoms with E-state index in [4.69, 9.17) is 4.74 Å². The zero-order chi connectivity index (χ0) is 21.9. The number of methoxy groups -OCH3 is 1. The fraction of sp³-hybridized carbons (Fsp3) is 0.375. The van der Waals surface area contributed by atoms with E-state index in [0.29, 0.717) is 5.75 Å². The predicted octanol–water partition coefficient (Wildman–Crippen LogP) is 1.25. The Morgan fingerprint density at radius 3 is 2.45 bits per heavy atom. The number of carbonyl (C=O) groups excluding carboxylic acids is 3. The van der Waals surface area contributed by atoms with Gasteiger partial charge in [-0.25, -0.2) is 0 Å². The van der Waals surface area contributed by atoms with Crippen molar-refractivity contribution in [2.75, 3.05) is 12.4 Å². The van der Waals surface area contributed by atoms with Gasteiger partial charge in [-0.1, -0.05) is 44.2 Å². The number of benzene rings is 2. The fourth-order valence-corrected chi connectivity index (χ4v) is 5.58. The highest BCUT2D eigenvalue weighted by atomic mass is 16.5. The SMILES string of the molecule is COc1ccc(CN2C(=O)[C@@H]3[C@@H](C(C)C)[NH2+][C@]4(C(=O)Nc5ccccc54)[C@@H]3C2=O)cc1. The predicted molar refractivity (Wildman–Crippen MR) is 113 cm³/mol. The van der Waals surface area contributed by atoms with Gasteiger partial charge in [-0.15, -0.1) is 0 Å². The van der Waals surface area contributed by atoms with Crippen LogP contribution < -0.4 is 15.4 Å². The van der Waals surface area contributed by atoms with Crippen molar-refractivity contribution >= 4 is 23.4 Å². The third-order valence-corrected chi connectivity index (χ3v) is 7.07. The standard InChI is InChI=1S/C24H25N3O4/c1-13(2)20-18-19(24(26-20)16-6-4-5-7-17(16)25-23(24)30)22(29)27(21(18)28)12-14-8-10-15(31-3)11-9-14/h4-11,13,18-20,26H,12H2,1-3H3,(H,25,30)/p+1/t18-,19-,20+,24-/m0/s1. The summed E-state index contributed by atoms with van der Waals surface area (Å²) in [5.41, 5.74) is 1.27. The largest absolute Gasteiger partial charge is 0.497 e. The molecular weight excluding hydrogens is 394 g/mol. The van der Waals surface area contributed by atoms with Crippen LogP contribution in [0.3, 0.4) is 0 Å². The topological polar surface area (TPSA) is 92.3 Å². The summed E-state index contributed by atoms with van der Waals surface area (Å²) in [6.45, 7) is 4.28. The van der Waals surface area contributed by atoms with E-state index in [-0.39, 0.29) is 36.2 Å². The van der Waals surface area contributed by atoms with E-state index in [1.807, 2.05) is 67.7 Å². The highest BCUT2D eigenvalue weighted by Gasteiger charge is 2.74. The number of likely N-dealkylation sites (tertiary alicyclic amines) is 1. The first kappa shape index (κ1) is 19.8. The van der Waals surface area contributed by atoms with Gasteiger partial charge >= 0.3 is 0 Å². The van der Waals surface area contributed by atoms with Crippen molar-refractivity contribution in [1.82, 2.24) is 4.90 Å². The van der Waals surface area contributed by atoms with Crippen LogP contribution in [0.4, 0.5) is 5.69 Å². The van der Waals surface area contributed by atoms with Gasteiger partial charge in [0.15, 0.2) is 0 Å². The summed E-state index contributed by atoms with van der Waals surface area (Å²) in [5.74, 6) is -1.05. The van der Waals surface area contributed by atoms with Gasteiger partial charge in [0.2, 0.25) is 17.4 Å². The number of amides is 3. The van der Waals surface area contributed by atoms with Gasteiger partial charge in [-0.2, -0.15) is 0 Å². The van der Waals surface area contributed by atoms with Crippen LogP contribution in [0.5, 0.6) is 5.75 Å². The highest BCUT2D eigenvalue weighted by Crippen LogP contribution is 2.50. The molecule has 0 radical (unpaired) electrons. The maximum absolute atomic E-state index is 13.7. The van der Waals surface area contributed by atoms with Gasteiger partial charge < -0.3 is 15.4 Å². The lowest BCUT2D eigenvalue weighted by molar-refractivity contribution is -0.738. The summed E-state index contributed by atoms with van der Waals surface area (Å²) in [5, 5.41) is 4.93. The maximum Gasteiger partial charge on any atom is 0.291 e. The number of carbonyl (C=O) groups is 3. The molecule has 3 N–H and O–H groups in total. The Morgan fingerprint density at radius 2 is 1.77 bits per heavy atom. The lowest BCUT2D eigenvalue weighted by atomic mass is 9.76. The van der Waals surface area contributed by atoms with E-state index in [2.05, 4.69) is 5.32 Å². The molecule has 1 spiro atoms. The molecule has 7 nitrogen and oxygen atoms in total. The minimum atomic E-state index is -1.10. The smallest absolute Gasteiger partial charge is 0.291 e. The lowest BCUT2D eigenvalue weighted by Gasteiger charge is -2.27. The molecule has 160 valence electrons. The van der Waals surface area contributed by atoms with Crippen molar-refractivity contribution < 1.29 is 24.4 Å². The summed E-state index contributed by atoms with van der Waals surface area (Å²) in [7, 11) is 1.59. The van der Waals surface area contributed by atoms with Gasteiger partial charge in [0.05, 0.1) is 19.3 Å². The number of fused-ring (bicyclic) bond motifs is 4. The Bertz CT molecular complexity index is 1080. The summed E-state index contributed by atoms with van der Waals surface area (Å²) in [4.78, 5) is 41.9. The average molecular weight is 420 g/mol. The number of nitrogens with zero attached hydrogens (tertiary/aromatic N) is 1. The zero-order valence-electron chi connectivity index (χ0n) is 17.8. The Kier molecular flexibility index (Phi) is 4.41. The number of nitrogens with one attached hydrogen (secondary N) is 1. The second-order valence-corrected chi connectivity index (χ2v) is 8.97.